The molecule has 2 rings (SSSR count). The average molecular weight is 301 g/mol. The maximum Gasteiger partial charge on any atom is 0.416 e. The van der Waals surface area contributed by atoms with Crippen LogP contribution in [-0.4, -0.2) is 0 Å². The van der Waals surface area contributed by atoms with E-state index < -0.39 is 11.7 Å². The monoisotopic (exact) mass is 300 g/mol. The highest BCUT2D eigenvalue weighted by atomic mass is 35.5. The summed E-state index contributed by atoms with van der Waals surface area (Å²) in [5.74, 6) is 0. The van der Waals surface area contributed by atoms with Gasteiger partial charge in [-0.3, -0.25) is 0 Å². The lowest BCUT2D eigenvalue weighted by molar-refractivity contribution is -0.137. The summed E-state index contributed by atoms with van der Waals surface area (Å²) in [6.45, 7) is 0.364. The summed E-state index contributed by atoms with van der Waals surface area (Å²) in [6.07, 6.45) is -4.32. The molecule has 0 heterocycles. The highest BCUT2D eigenvalue weighted by Crippen LogP contribution is 2.29. The Balaban J connectivity index is 2.06. The summed E-state index contributed by atoms with van der Waals surface area (Å²) in [5.41, 5.74) is 7.00. The number of hydrogen-bond donors (Lipinski definition) is 2. The first kappa shape index (κ1) is 14.5. The van der Waals surface area contributed by atoms with E-state index in [-0.39, 0.29) is 0 Å². The van der Waals surface area contributed by atoms with E-state index in [0.29, 0.717) is 22.9 Å². The quantitative estimate of drug-likeness (QED) is 0.816. The number of benzene rings is 2. The SMILES string of the molecule is Nc1ccc(Cl)cc1NCc1ccc(C(F)(F)F)cc1. The van der Waals surface area contributed by atoms with Crippen LogP contribution in [0, 0.1) is 0 Å². The van der Waals surface area contributed by atoms with Crippen LogP contribution < -0.4 is 11.1 Å². The minimum atomic E-state index is -4.32. The van der Waals surface area contributed by atoms with E-state index in [4.69, 9.17) is 17.3 Å². The maximum absolute atomic E-state index is 12.4. The molecule has 0 unspecified atom stereocenters. The van der Waals surface area contributed by atoms with Crippen molar-refractivity contribution in [3.05, 3.63) is 58.6 Å². The normalized spacial score (nSPS) is 11.4. The Morgan fingerprint density at radius 2 is 1.70 bits per heavy atom. The third kappa shape index (κ3) is 3.57. The van der Waals surface area contributed by atoms with Crippen LogP contribution in [0.15, 0.2) is 42.5 Å². The summed E-state index contributed by atoms with van der Waals surface area (Å²) in [6, 6.07) is 9.96. The Bertz CT molecular complexity index is 594. The maximum atomic E-state index is 12.4. The molecule has 0 radical (unpaired) electrons. The smallest absolute Gasteiger partial charge is 0.397 e. The minimum absolute atomic E-state index is 0.364. The number of anilines is 2. The third-order valence-corrected chi connectivity index (χ3v) is 3.01. The standard InChI is InChI=1S/C14H12ClF3N2/c15-11-5-6-12(19)13(7-11)20-8-9-1-3-10(4-2-9)14(16,17)18/h1-7,20H,8,19H2. The van der Waals surface area contributed by atoms with Crippen molar-refractivity contribution in [1.29, 1.82) is 0 Å². The van der Waals surface area contributed by atoms with Gasteiger partial charge in [-0.1, -0.05) is 23.7 Å². The molecule has 0 bridgehead atoms. The molecule has 0 amide bonds. The third-order valence-electron chi connectivity index (χ3n) is 2.78. The number of halogens is 4. The second-order valence-electron chi connectivity index (χ2n) is 4.28. The van der Waals surface area contributed by atoms with Crippen LogP contribution in [0.4, 0.5) is 24.5 Å². The van der Waals surface area contributed by atoms with E-state index in [1.54, 1.807) is 18.2 Å². The van der Waals surface area contributed by atoms with Crippen molar-refractivity contribution < 1.29 is 13.2 Å². The van der Waals surface area contributed by atoms with E-state index in [2.05, 4.69) is 5.32 Å². The van der Waals surface area contributed by atoms with Crippen molar-refractivity contribution in [1.82, 2.24) is 0 Å². The van der Waals surface area contributed by atoms with Crippen molar-refractivity contribution in [2.24, 2.45) is 0 Å². The molecule has 106 valence electrons. The van der Waals surface area contributed by atoms with Gasteiger partial charge in [-0.25, -0.2) is 0 Å². The molecular formula is C14H12ClF3N2. The zero-order valence-electron chi connectivity index (χ0n) is 10.3. The van der Waals surface area contributed by atoms with E-state index in [1.807, 2.05) is 0 Å². The lowest BCUT2D eigenvalue weighted by Crippen LogP contribution is -2.06. The summed E-state index contributed by atoms with van der Waals surface area (Å²) in [4.78, 5) is 0. The number of hydrogen-bond acceptors (Lipinski definition) is 2. The zero-order chi connectivity index (χ0) is 14.8. The van der Waals surface area contributed by atoms with Crippen molar-refractivity contribution in [2.45, 2.75) is 12.7 Å². The largest absolute Gasteiger partial charge is 0.416 e. The van der Waals surface area contributed by atoms with Crippen LogP contribution in [-0.2, 0) is 12.7 Å². The number of alkyl halides is 3. The first-order chi connectivity index (χ1) is 9.36. The van der Waals surface area contributed by atoms with Crippen LogP contribution in [0.25, 0.3) is 0 Å². The first-order valence-electron chi connectivity index (χ1n) is 5.81. The predicted molar refractivity (Wildman–Crippen MR) is 74.6 cm³/mol. The molecule has 2 aromatic carbocycles. The Labute approximate surface area is 119 Å². The molecule has 2 nitrogen and oxygen atoms in total. The molecule has 2 aromatic rings. The number of nitrogens with one attached hydrogen (secondary N) is 1. The number of nitrogens with two attached hydrogens (primary N) is 1. The second kappa shape index (κ2) is 5.63. The van der Waals surface area contributed by atoms with E-state index in [1.165, 1.54) is 12.1 Å². The van der Waals surface area contributed by atoms with Crippen LogP contribution >= 0.6 is 11.6 Å². The highest BCUT2D eigenvalue weighted by Gasteiger charge is 2.29. The van der Waals surface area contributed by atoms with Crippen LogP contribution in [0.3, 0.4) is 0 Å². The van der Waals surface area contributed by atoms with Gasteiger partial charge in [-0.2, -0.15) is 13.2 Å². The fourth-order valence-electron chi connectivity index (χ4n) is 1.69. The molecule has 0 aromatic heterocycles. The molecule has 20 heavy (non-hydrogen) atoms. The summed E-state index contributed by atoms with van der Waals surface area (Å²) >= 11 is 5.85. The first-order valence-corrected chi connectivity index (χ1v) is 6.19. The molecule has 0 saturated carbocycles. The molecule has 0 aliphatic carbocycles. The molecule has 3 N–H and O–H groups in total. The van der Waals surface area contributed by atoms with Crippen LogP contribution in [0.1, 0.15) is 11.1 Å². The van der Waals surface area contributed by atoms with E-state index in [9.17, 15) is 13.2 Å². The average Bonchev–Trinajstić information content (AvgIpc) is 2.39. The summed E-state index contributed by atoms with van der Waals surface area (Å²) in [7, 11) is 0. The van der Waals surface area contributed by atoms with Gasteiger partial charge >= 0.3 is 6.18 Å². The zero-order valence-corrected chi connectivity index (χ0v) is 11.1. The van der Waals surface area contributed by atoms with Crippen LogP contribution in [0.5, 0.6) is 0 Å². The molecule has 6 heteroatoms. The number of nitrogen functional groups attached to an aromatic ring is 1. The Morgan fingerprint density at radius 1 is 1.05 bits per heavy atom. The molecule has 0 spiro atoms. The van der Waals surface area contributed by atoms with Gasteiger partial charge in [0.15, 0.2) is 0 Å². The highest BCUT2D eigenvalue weighted by molar-refractivity contribution is 6.31. The van der Waals surface area contributed by atoms with Gasteiger partial charge in [0.1, 0.15) is 0 Å². The van der Waals surface area contributed by atoms with Gasteiger partial charge < -0.3 is 11.1 Å². The Morgan fingerprint density at radius 3 is 2.30 bits per heavy atom. The van der Waals surface area contributed by atoms with Crippen LogP contribution in [0.2, 0.25) is 5.02 Å². The molecule has 0 saturated heterocycles. The topological polar surface area (TPSA) is 38.0 Å². The second-order valence-corrected chi connectivity index (χ2v) is 4.72. The van der Waals surface area contributed by atoms with Gasteiger partial charge in [0.25, 0.3) is 0 Å². The van der Waals surface area contributed by atoms with Crippen molar-refractivity contribution in [2.75, 3.05) is 11.1 Å². The lowest BCUT2D eigenvalue weighted by atomic mass is 10.1. The fraction of sp³-hybridized carbons (Fsp3) is 0.143. The minimum Gasteiger partial charge on any atom is -0.397 e. The van der Waals surface area contributed by atoms with Crippen molar-refractivity contribution in [3.8, 4) is 0 Å². The summed E-state index contributed by atoms with van der Waals surface area (Å²) < 4.78 is 37.3. The van der Waals surface area contributed by atoms with Gasteiger partial charge in [-0.15, -0.1) is 0 Å². The Kier molecular flexibility index (Phi) is 4.09. The van der Waals surface area contributed by atoms with Gasteiger partial charge in [0.05, 0.1) is 16.9 Å². The lowest BCUT2D eigenvalue weighted by Gasteiger charge is -2.11. The molecule has 0 aliphatic rings. The predicted octanol–water partition coefficient (Wildman–Crippen LogP) is 4.55. The van der Waals surface area contributed by atoms with Gasteiger partial charge in [-0.05, 0) is 35.9 Å². The molecule has 0 atom stereocenters. The molecular weight excluding hydrogens is 289 g/mol. The van der Waals surface area contributed by atoms with Crippen molar-refractivity contribution in [3.63, 3.8) is 0 Å². The van der Waals surface area contributed by atoms with E-state index in [0.717, 1.165) is 17.7 Å². The van der Waals surface area contributed by atoms with Crippen molar-refractivity contribution >= 4 is 23.0 Å². The van der Waals surface area contributed by atoms with E-state index >= 15 is 0 Å². The molecule has 0 aliphatic heterocycles. The van der Waals surface area contributed by atoms with Gasteiger partial charge in [0.2, 0.25) is 0 Å². The summed E-state index contributed by atoms with van der Waals surface area (Å²) in [5, 5.41) is 3.57. The number of rotatable bonds is 3. The van der Waals surface area contributed by atoms with Gasteiger partial charge in [0, 0.05) is 11.6 Å². The molecule has 0 fully saturated rings. The fourth-order valence-corrected chi connectivity index (χ4v) is 1.86. The Hall–Kier alpha value is -1.88.